The zero-order valence-corrected chi connectivity index (χ0v) is 13.0. The third-order valence-electron chi connectivity index (χ3n) is 4.36. The molecule has 4 nitrogen and oxygen atoms in total. The smallest absolute Gasteiger partial charge is 0.0900 e. The van der Waals surface area contributed by atoms with Gasteiger partial charge in [0.2, 0.25) is 0 Å². The normalized spacial score (nSPS) is 23.2. The van der Waals surface area contributed by atoms with Crippen molar-refractivity contribution in [2.45, 2.75) is 52.2 Å². The van der Waals surface area contributed by atoms with Gasteiger partial charge in [-0.05, 0) is 38.3 Å². The number of hydrogen-bond donors (Lipinski definition) is 1. The summed E-state index contributed by atoms with van der Waals surface area (Å²) < 4.78 is 10.6. The lowest BCUT2D eigenvalue weighted by atomic mass is 9.78. The van der Waals surface area contributed by atoms with Crippen molar-refractivity contribution >= 4 is 0 Å². The Hall–Kier alpha value is -0.160. The van der Waals surface area contributed by atoms with Crippen LogP contribution in [-0.4, -0.2) is 62.2 Å². The molecule has 0 aromatic carbocycles. The number of nitrogens with zero attached hydrogens (tertiary/aromatic N) is 1. The standard InChI is InChI=1S/C15H31NO3/c1-5-15(3)6-8-16(9-7-15)10-14(17)12-19-13(2)11-18-4/h13-14,17H,5-12H2,1-4H3. The van der Waals surface area contributed by atoms with E-state index < -0.39 is 6.10 Å². The second kappa shape index (κ2) is 8.20. The summed E-state index contributed by atoms with van der Waals surface area (Å²) in [6.45, 7) is 10.5. The van der Waals surface area contributed by atoms with Crippen molar-refractivity contribution in [2.75, 3.05) is 40.0 Å². The highest BCUT2D eigenvalue weighted by molar-refractivity contribution is 4.82. The molecule has 1 fully saturated rings. The van der Waals surface area contributed by atoms with E-state index in [4.69, 9.17) is 9.47 Å². The Labute approximate surface area is 118 Å². The van der Waals surface area contributed by atoms with Gasteiger partial charge in [0.15, 0.2) is 0 Å². The van der Waals surface area contributed by atoms with Crippen LogP contribution in [-0.2, 0) is 9.47 Å². The summed E-state index contributed by atoms with van der Waals surface area (Å²) in [5.74, 6) is 0. The van der Waals surface area contributed by atoms with Gasteiger partial charge in [0, 0.05) is 13.7 Å². The number of ether oxygens (including phenoxy) is 2. The lowest BCUT2D eigenvalue weighted by Gasteiger charge is -2.39. The van der Waals surface area contributed by atoms with Crippen LogP contribution in [0.15, 0.2) is 0 Å². The predicted octanol–water partition coefficient (Wildman–Crippen LogP) is 1.91. The second-order valence-corrected chi connectivity index (χ2v) is 6.22. The van der Waals surface area contributed by atoms with Gasteiger partial charge in [-0.3, -0.25) is 0 Å². The fourth-order valence-electron chi connectivity index (χ4n) is 2.54. The van der Waals surface area contributed by atoms with Crippen LogP contribution in [0.2, 0.25) is 0 Å². The van der Waals surface area contributed by atoms with Crippen LogP contribution >= 0.6 is 0 Å². The van der Waals surface area contributed by atoms with E-state index >= 15 is 0 Å². The Bertz CT molecular complexity index is 240. The first kappa shape index (κ1) is 16.9. The summed E-state index contributed by atoms with van der Waals surface area (Å²) in [5, 5.41) is 10.00. The van der Waals surface area contributed by atoms with E-state index in [1.54, 1.807) is 7.11 Å². The van der Waals surface area contributed by atoms with Crippen molar-refractivity contribution in [3.05, 3.63) is 0 Å². The summed E-state index contributed by atoms with van der Waals surface area (Å²) in [6, 6.07) is 0. The van der Waals surface area contributed by atoms with E-state index in [1.165, 1.54) is 19.3 Å². The molecule has 0 aromatic heterocycles. The molecule has 4 heteroatoms. The molecule has 0 saturated carbocycles. The summed E-state index contributed by atoms with van der Waals surface area (Å²) in [5.41, 5.74) is 0.505. The molecule has 0 radical (unpaired) electrons. The first-order chi connectivity index (χ1) is 8.99. The van der Waals surface area contributed by atoms with E-state index in [1.807, 2.05) is 6.92 Å². The van der Waals surface area contributed by atoms with Crippen LogP contribution < -0.4 is 0 Å². The Morgan fingerprint density at radius 2 is 1.89 bits per heavy atom. The van der Waals surface area contributed by atoms with E-state index in [2.05, 4.69) is 18.7 Å². The number of aliphatic hydroxyl groups is 1. The molecule has 2 atom stereocenters. The molecule has 1 heterocycles. The zero-order valence-electron chi connectivity index (χ0n) is 13.0. The average molecular weight is 273 g/mol. The fraction of sp³-hybridized carbons (Fsp3) is 1.00. The number of rotatable bonds is 8. The van der Waals surface area contributed by atoms with Crippen LogP contribution in [0, 0.1) is 5.41 Å². The Balaban J connectivity index is 2.18. The molecule has 1 N–H and O–H groups in total. The summed E-state index contributed by atoms with van der Waals surface area (Å²) in [4.78, 5) is 2.35. The molecule has 0 spiro atoms. The predicted molar refractivity (Wildman–Crippen MR) is 77.4 cm³/mol. The molecule has 0 amide bonds. The number of piperidine rings is 1. The number of methoxy groups -OCH3 is 1. The van der Waals surface area contributed by atoms with Crippen molar-refractivity contribution in [1.29, 1.82) is 0 Å². The van der Waals surface area contributed by atoms with E-state index in [-0.39, 0.29) is 6.10 Å². The van der Waals surface area contributed by atoms with Gasteiger partial charge in [-0.1, -0.05) is 20.3 Å². The van der Waals surface area contributed by atoms with Crippen LogP contribution in [0.25, 0.3) is 0 Å². The van der Waals surface area contributed by atoms with E-state index in [0.29, 0.717) is 18.6 Å². The SMILES string of the molecule is CCC1(C)CCN(CC(O)COC(C)COC)CC1. The van der Waals surface area contributed by atoms with Crippen molar-refractivity contribution in [2.24, 2.45) is 5.41 Å². The molecule has 19 heavy (non-hydrogen) atoms. The molecule has 1 aliphatic heterocycles. The maximum atomic E-state index is 10.00. The van der Waals surface area contributed by atoms with Crippen LogP contribution in [0.1, 0.15) is 40.0 Å². The number of aliphatic hydroxyl groups excluding tert-OH is 1. The summed E-state index contributed by atoms with van der Waals surface area (Å²) in [6.07, 6.45) is 3.37. The number of hydrogen-bond acceptors (Lipinski definition) is 4. The molecule has 114 valence electrons. The van der Waals surface area contributed by atoms with Crippen molar-refractivity contribution in [1.82, 2.24) is 4.90 Å². The summed E-state index contributed by atoms with van der Waals surface area (Å²) in [7, 11) is 1.66. The maximum absolute atomic E-state index is 10.00. The van der Waals surface area contributed by atoms with Gasteiger partial charge in [0.25, 0.3) is 0 Å². The van der Waals surface area contributed by atoms with Crippen LogP contribution in [0.5, 0.6) is 0 Å². The molecule has 1 rings (SSSR count). The number of likely N-dealkylation sites (tertiary alicyclic amines) is 1. The zero-order chi connectivity index (χ0) is 14.3. The Morgan fingerprint density at radius 3 is 2.42 bits per heavy atom. The van der Waals surface area contributed by atoms with E-state index in [0.717, 1.165) is 19.6 Å². The highest BCUT2D eigenvalue weighted by atomic mass is 16.5. The second-order valence-electron chi connectivity index (χ2n) is 6.22. The lowest BCUT2D eigenvalue weighted by molar-refractivity contribution is -0.0436. The quantitative estimate of drug-likeness (QED) is 0.733. The maximum Gasteiger partial charge on any atom is 0.0900 e. The highest BCUT2D eigenvalue weighted by Crippen LogP contribution is 2.33. The van der Waals surface area contributed by atoms with Gasteiger partial charge in [0.1, 0.15) is 0 Å². The lowest BCUT2D eigenvalue weighted by Crippen LogP contribution is -2.43. The topological polar surface area (TPSA) is 41.9 Å². The largest absolute Gasteiger partial charge is 0.389 e. The molecule has 2 unspecified atom stereocenters. The highest BCUT2D eigenvalue weighted by Gasteiger charge is 2.28. The van der Waals surface area contributed by atoms with Gasteiger partial charge >= 0.3 is 0 Å². The third-order valence-corrected chi connectivity index (χ3v) is 4.36. The molecule has 1 aliphatic rings. The van der Waals surface area contributed by atoms with Gasteiger partial charge in [-0.25, -0.2) is 0 Å². The first-order valence-corrected chi connectivity index (χ1v) is 7.50. The van der Waals surface area contributed by atoms with Gasteiger partial charge in [-0.2, -0.15) is 0 Å². The Kier molecular flexibility index (Phi) is 7.29. The fourth-order valence-corrected chi connectivity index (χ4v) is 2.54. The third kappa shape index (κ3) is 6.21. The van der Waals surface area contributed by atoms with Gasteiger partial charge in [0.05, 0.1) is 25.4 Å². The molecule has 0 aliphatic carbocycles. The molecule has 0 bridgehead atoms. The average Bonchev–Trinajstić information content (AvgIpc) is 2.40. The van der Waals surface area contributed by atoms with Crippen molar-refractivity contribution in [3.63, 3.8) is 0 Å². The van der Waals surface area contributed by atoms with Crippen LogP contribution in [0.4, 0.5) is 0 Å². The van der Waals surface area contributed by atoms with Gasteiger partial charge in [-0.15, -0.1) is 0 Å². The minimum absolute atomic E-state index is 0.0457. The molecule has 1 saturated heterocycles. The monoisotopic (exact) mass is 273 g/mol. The molecular formula is C15H31NO3. The van der Waals surface area contributed by atoms with Gasteiger partial charge < -0.3 is 19.5 Å². The minimum Gasteiger partial charge on any atom is -0.389 e. The van der Waals surface area contributed by atoms with Crippen molar-refractivity contribution < 1.29 is 14.6 Å². The van der Waals surface area contributed by atoms with Crippen molar-refractivity contribution in [3.8, 4) is 0 Å². The number of β-amino-alcohol motifs (C(OH)–C–C–N with tert-alkyl or cyclic N) is 1. The molecular weight excluding hydrogens is 242 g/mol. The minimum atomic E-state index is -0.398. The molecule has 0 aromatic rings. The summed E-state index contributed by atoms with van der Waals surface area (Å²) >= 11 is 0. The first-order valence-electron chi connectivity index (χ1n) is 7.50. The van der Waals surface area contributed by atoms with Crippen LogP contribution in [0.3, 0.4) is 0 Å². The van der Waals surface area contributed by atoms with E-state index in [9.17, 15) is 5.11 Å². The Morgan fingerprint density at radius 1 is 1.26 bits per heavy atom.